The third-order valence-electron chi connectivity index (χ3n) is 4.57. The number of aromatic nitrogens is 3. The summed E-state index contributed by atoms with van der Waals surface area (Å²) >= 11 is 0. The van der Waals surface area contributed by atoms with Gasteiger partial charge in [-0.25, -0.2) is 4.98 Å². The molecule has 1 amide bonds. The number of nitrogens with zero attached hydrogens (tertiary/aromatic N) is 4. The van der Waals surface area contributed by atoms with Gasteiger partial charge >= 0.3 is 0 Å². The number of amides is 1. The van der Waals surface area contributed by atoms with E-state index in [1.807, 2.05) is 11.7 Å². The molecule has 1 N–H and O–H groups in total. The van der Waals surface area contributed by atoms with E-state index >= 15 is 0 Å². The highest BCUT2D eigenvalue weighted by Crippen LogP contribution is 2.30. The van der Waals surface area contributed by atoms with Gasteiger partial charge in [-0.15, -0.1) is 0 Å². The standard InChI is InChI=1S/C15H25N5O/c1-19-14(17-11-18-19)6-8-16-13-4-5-15(21)20(9-7-13)10-12-2-3-12/h11-13,16H,2-10H2,1H3. The summed E-state index contributed by atoms with van der Waals surface area (Å²) in [7, 11) is 1.92. The second kappa shape index (κ2) is 6.56. The third kappa shape index (κ3) is 4.03. The van der Waals surface area contributed by atoms with E-state index in [0.717, 1.165) is 50.6 Å². The summed E-state index contributed by atoms with van der Waals surface area (Å²) in [6.07, 6.45) is 7.80. The van der Waals surface area contributed by atoms with Gasteiger partial charge in [-0.05, 0) is 31.6 Å². The summed E-state index contributed by atoms with van der Waals surface area (Å²) in [6.45, 7) is 2.80. The highest BCUT2D eigenvalue weighted by atomic mass is 16.2. The highest BCUT2D eigenvalue weighted by Gasteiger charge is 2.28. The average Bonchev–Trinajstić information content (AvgIpc) is 3.23. The molecule has 2 aliphatic rings. The Balaban J connectivity index is 1.42. The van der Waals surface area contributed by atoms with E-state index in [1.54, 1.807) is 6.33 Å². The van der Waals surface area contributed by atoms with Gasteiger partial charge in [-0.3, -0.25) is 9.48 Å². The molecule has 116 valence electrons. The van der Waals surface area contributed by atoms with Crippen molar-refractivity contribution in [3.8, 4) is 0 Å². The second-order valence-corrected chi connectivity index (χ2v) is 6.31. The summed E-state index contributed by atoms with van der Waals surface area (Å²) < 4.78 is 1.82. The van der Waals surface area contributed by atoms with Gasteiger partial charge in [0.15, 0.2) is 0 Å². The summed E-state index contributed by atoms with van der Waals surface area (Å²) in [5, 5.41) is 7.65. The molecule has 0 spiro atoms. The molecule has 6 nitrogen and oxygen atoms in total. The van der Waals surface area contributed by atoms with Crippen molar-refractivity contribution in [3.05, 3.63) is 12.2 Å². The van der Waals surface area contributed by atoms with E-state index in [9.17, 15) is 4.79 Å². The fourth-order valence-corrected chi connectivity index (χ4v) is 2.98. The van der Waals surface area contributed by atoms with Crippen molar-refractivity contribution >= 4 is 5.91 Å². The number of nitrogens with one attached hydrogen (secondary N) is 1. The van der Waals surface area contributed by atoms with Crippen LogP contribution in [0.1, 0.15) is 37.9 Å². The maximum absolute atomic E-state index is 12.1. The van der Waals surface area contributed by atoms with Crippen LogP contribution in [0, 0.1) is 5.92 Å². The minimum atomic E-state index is 0.347. The summed E-state index contributed by atoms with van der Waals surface area (Å²) in [6, 6.07) is 0.450. The monoisotopic (exact) mass is 291 g/mol. The Labute approximate surface area is 125 Å². The van der Waals surface area contributed by atoms with Gasteiger partial charge in [0.25, 0.3) is 0 Å². The molecule has 2 heterocycles. The first-order valence-electron chi connectivity index (χ1n) is 8.06. The lowest BCUT2D eigenvalue weighted by atomic mass is 10.1. The zero-order chi connectivity index (χ0) is 14.7. The van der Waals surface area contributed by atoms with E-state index in [-0.39, 0.29) is 0 Å². The van der Waals surface area contributed by atoms with E-state index in [4.69, 9.17) is 0 Å². The molecular weight excluding hydrogens is 266 g/mol. The fourth-order valence-electron chi connectivity index (χ4n) is 2.98. The molecule has 1 aliphatic carbocycles. The van der Waals surface area contributed by atoms with Crippen LogP contribution in [-0.4, -0.2) is 51.2 Å². The summed E-state index contributed by atoms with van der Waals surface area (Å²) in [5.74, 6) is 2.14. The number of rotatable bonds is 6. The number of likely N-dealkylation sites (tertiary alicyclic amines) is 1. The lowest BCUT2D eigenvalue weighted by Crippen LogP contribution is -2.34. The fraction of sp³-hybridized carbons (Fsp3) is 0.800. The van der Waals surface area contributed by atoms with Crippen LogP contribution in [0.5, 0.6) is 0 Å². The topological polar surface area (TPSA) is 63.1 Å². The molecule has 1 unspecified atom stereocenters. The molecule has 0 bridgehead atoms. The van der Waals surface area contributed by atoms with Crippen molar-refractivity contribution in [2.24, 2.45) is 13.0 Å². The first-order chi connectivity index (χ1) is 10.2. The Kier molecular flexibility index (Phi) is 4.53. The molecule has 0 radical (unpaired) electrons. The van der Waals surface area contributed by atoms with Crippen molar-refractivity contribution in [2.45, 2.75) is 44.6 Å². The largest absolute Gasteiger partial charge is 0.342 e. The van der Waals surface area contributed by atoms with Crippen LogP contribution in [0.2, 0.25) is 0 Å². The zero-order valence-corrected chi connectivity index (χ0v) is 12.8. The van der Waals surface area contributed by atoms with Gasteiger partial charge in [0.05, 0.1) is 0 Å². The lowest BCUT2D eigenvalue weighted by Gasteiger charge is -2.20. The van der Waals surface area contributed by atoms with Gasteiger partial charge in [-0.1, -0.05) is 0 Å². The van der Waals surface area contributed by atoms with E-state index in [0.29, 0.717) is 18.4 Å². The Hall–Kier alpha value is -1.43. The molecule has 1 saturated carbocycles. The van der Waals surface area contributed by atoms with Crippen molar-refractivity contribution < 1.29 is 4.79 Å². The highest BCUT2D eigenvalue weighted by molar-refractivity contribution is 5.76. The van der Waals surface area contributed by atoms with E-state index in [1.165, 1.54) is 12.8 Å². The molecule has 2 fully saturated rings. The van der Waals surface area contributed by atoms with Crippen LogP contribution in [0.25, 0.3) is 0 Å². The minimum absolute atomic E-state index is 0.347. The molecule has 1 aromatic rings. The first-order valence-corrected chi connectivity index (χ1v) is 8.06. The van der Waals surface area contributed by atoms with E-state index < -0.39 is 0 Å². The maximum atomic E-state index is 12.1. The predicted octanol–water partition coefficient (Wildman–Crippen LogP) is 0.738. The normalized spacial score (nSPS) is 23.4. The second-order valence-electron chi connectivity index (χ2n) is 6.31. The van der Waals surface area contributed by atoms with Crippen LogP contribution < -0.4 is 5.32 Å². The number of aryl methyl sites for hydroxylation is 1. The van der Waals surface area contributed by atoms with Gasteiger partial charge in [0, 0.05) is 45.6 Å². The van der Waals surface area contributed by atoms with Gasteiger partial charge in [0.1, 0.15) is 12.2 Å². The third-order valence-corrected chi connectivity index (χ3v) is 4.57. The molecule has 6 heteroatoms. The Morgan fingerprint density at radius 2 is 2.19 bits per heavy atom. The van der Waals surface area contributed by atoms with Crippen molar-refractivity contribution in [2.75, 3.05) is 19.6 Å². The number of hydrogen-bond donors (Lipinski definition) is 1. The van der Waals surface area contributed by atoms with Crippen LogP contribution in [0.15, 0.2) is 6.33 Å². The van der Waals surface area contributed by atoms with Crippen molar-refractivity contribution in [1.82, 2.24) is 25.0 Å². The molecular formula is C15H25N5O. The molecule has 21 heavy (non-hydrogen) atoms. The SMILES string of the molecule is Cn1ncnc1CCNC1CCC(=O)N(CC2CC2)CC1. The van der Waals surface area contributed by atoms with E-state index in [2.05, 4.69) is 20.3 Å². The summed E-state index contributed by atoms with van der Waals surface area (Å²) in [4.78, 5) is 18.4. The van der Waals surface area contributed by atoms with Crippen LogP contribution >= 0.6 is 0 Å². The zero-order valence-electron chi connectivity index (χ0n) is 12.8. The Morgan fingerprint density at radius 3 is 2.90 bits per heavy atom. The summed E-state index contributed by atoms with van der Waals surface area (Å²) in [5.41, 5.74) is 0. The number of hydrogen-bond acceptors (Lipinski definition) is 4. The average molecular weight is 291 g/mol. The Morgan fingerprint density at radius 1 is 1.33 bits per heavy atom. The quantitative estimate of drug-likeness (QED) is 0.839. The van der Waals surface area contributed by atoms with Crippen LogP contribution in [0.4, 0.5) is 0 Å². The minimum Gasteiger partial charge on any atom is -0.342 e. The maximum Gasteiger partial charge on any atom is 0.222 e. The Bertz CT molecular complexity index is 482. The molecule has 1 atom stereocenters. The molecule has 1 aliphatic heterocycles. The van der Waals surface area contributed by atoms with Gasteiger partial charge in [-0.2, -0.15) is 5.10 Å². The molecule has 3 rings (SSSR count). The molecule has 0 aromatic carbocycles. The number of carbonyl (C=O) groups excluding carboxylic acids is 1. The first kappa shape index (κ1) is 14.5. The smallest absolute Gasteiger partial charge is 0.222 e. The molecule has 1 aromatic heterocycles. The van der Waals surface area contributed by atoms with Crippen molar-refractivity contribution in [1.29, 1.82) is 0 Å². The van der Waals surface area contributed by atoms with Gasteiger partial charge in [0.2, 0.25) is 5.91 Å². The van der Waals surface area contributed by atoms with Crippen LogP contribution in [-0.2, 0) is 18.3 Å². The van der Waals surface area contributed by atoms with Gasteiger partial charge < -0.3 is 10.2 Å². The van der Waals surface area contributed by atoms with Crippen molar-refractivity contribution in [3.63, 3.8) is 0 Å². The molecule has 1 saturated heterocycles. The number of carbonyl (C=O) groups is 1. The lowest BCUT2D eigenvalue weighted by molar-refractivity contribution is -0.130. The predicted molar refractivity (Wildman–Crippen MR) is 79.7 cm³/mol. The van der Waals surface area contributed by atoms with Crippen LogP contribution in [0.3, 0.4) is 0 Å².